The Morgan fingerprint density at radius 3 is 2.67 bits per heavy atom. The van der Waals surface area contributed by atoms with Crippen molar-refractivity contribution in [3.63, 3.8) is 0 Å². The zero-order valence-corrected chi connectivity index (χ0v) is 11.5. The molecule has 0 spiro atoms. The van der Waals surface area contributed by atoms with E-state index in [2.05, 4.69) is 26.6 Å². The van der Waals surface area contributed by atoms with Gasteiger partial charge in [-0.2, -0.15) is 0 Å². The zero-order valence-electron chi connectivity index (χ0n) is 9.06. The second-order valence-electron chi connectivity index (χ2n) is 3.76. The maximum atomic E-state index is 11.7. The van der Waals surface area contributed by atoms with Gasteiger partial charge in [0, 0.05) is 4.88 Å². The number of rotatable bonds is 4. The number of hydrogen-bond acceptors (Lipinski definition) is 3. The van der Waals surface area contributed by atoms with E-state index in [-0.39, 0.29) is 5.91 Å². The van der Waals surface area contributed by atoms with E-state index in [1.54, 1.807) is 18.4 Å². The second kappa shape index (κ2) is 5.09. The Bertz CT molecular complexity index is 349. The van der Waals surface area contributed by atoms with Crippen molar-refractivity contribution in [3.05, 3.63) is 20.8 Å². The summed E-state index contributed by atoms with van der Waals surface area (Å²) in [5.41, 5.74) is -0.519. The van der Waals surface area contributed by atoms with Crippen LogP contribution >= 0.6 is 27.3 Å². The van der Waals surface area contributed by atoms with E-state index in [1.807, 2.05) is 26.0 Å². The molecule has 15 heavy (non-hydrogen) atoms. The van der Waals surface area contributed by atoms with Crippen molar-refractivity contribution < 1.29 is 4.79 Å². The first-order valence-corrected chi connectivity index (χ1v) is 6.28. The summed E-state index contributed by atoms with van der Waals surface area (Å²) in [6, 6.07) is 3.98. The van der Waals surface area contributed by atoms with Gasteiger partial charge in [0.15, 0.2) is 0 Å². The van der Waals surface area contributed by atoms with Gasteiger partial charge in [-0.05, 0) is 49.0 Å². The summed E-state index contributed by atoms with van der Waals surface area (Å²) in [5.74, 6) is 0.00882. The van der Waals surface area contributed by atoms with E-state index in [0.29, 0.717) is 6.54 Å². The molecule has 2 N–H and O–H groups in total. The van der Waals surface area contributed by atoms with Gasteiger partial charge in [-0.25, -0.2) is 0 Å². The summed E-state index contributed by atoms with van der Waals surface area (Å²) in [6.45, 7) is 4.29. The summed E-state index contributed by atoms with van der Waals surface area (Å²) in [6.07, 6.45) is 0. The molecule has 0 aliphatic carbocycles. The van der Waals surface area contributed by atoms with E-state index < -0.39 is 5.54 Å². The van der Waals surface area contributed by atoms with Crippen LogP contribution in [0.2, 0.25) is 0 Å². The normalized spacial score (nSPS) is 11.5. The lowest BCUT2D eigenvalue weighted by Crippen LogP contribution is -2.50. The van der Waals surface area contributed by atoms with E-state index in [0.717, 1.165) is 8.66 Å². The summed E-state index contributed by atoms with van der Waals surface area (Å²) >= 11 is 5.02. The molecule has 0 saturated carbocycles. The first-order valence-electron chi connectivity index (χ1n) is 4.67. The Hall–Kier alpha value is -0.390. The monoisotopic (exact) mass is 290 g/mol. The van der Waals surface area contributed by atoms with Crippen LogP contribution in [0.4, 0.5) is 0 Å². The SMILES string of the molecule is CNC(C)(C)C(=O)NCc1ccc(Br)s1. The fourth-order valence-electron chi connectivity index (χ4n) is 0.949. The van der Waals surface area contributed by atoms with Gasteiger partial charge in [-0.15, -0.1) is 11.3 Å². The molecule has 0 bridgehead atoms. The summed E-state index contributed by atoms with van der Waals surface area (Å²) in [5, 5.41) is 5.86. The molecule has 84 valence electrons. The number of nitrogens with one attached hydrogen (secondary N) is 2. The number of likely N-dealkylation sites (N-methyl/N-ethyl adjacent to an activating group) is 1. The van der Waals surface area contributed by atoms with Crippen LogP contribution < -0.4 is 10.6 Å². The number of carbonyl (C=O) groups excluding carboxylic acids is 1. The fraction of sp³-hybridized carbons (Fsp3) is 0.500. The molecule has 0 fully saturated rings. The van der Waals surface area contributed by atoms with Crippen LogP contribution in [0, 0.1) is 0 Å². The largest absolute Gasteiger partial charge is 0.350 e. The molecule has 0 radical (unpaired) electrons. The number of thiophene rings is 1. The Kier molecular flexibility index (Phi) is 4.31. The molecule has 0 unspecified atom stereocenters. The lowest BCUT2D eigenvalue weighted by atomic mass is 10.1. The summed E-state index contributed by atoms with van der Waals surface area (Å²) in [7, 11) is 1.78. The minimum Gasteiger partial charge on any atom is -0.350 e. The van der Waals surface area contributed by atoms with Crippen molar-refractivity contribution in [1.82, 2.24) is 10.6 Å². The van der Waals surface area contributed by atoms with E-state index >= 15 is 0 Å². The van der Waals surface area contributed by atoms with Crippen molar-refractivity contribution in [2.24, 2.45) is 0 Å². The van der Waals surface area contributed by atoms with Crippen LogP contribution in [0.3, 0.4) is 0 Å². The molecule has 0 saturated heterocycles. The maximum absolute atomic E-state index is 11.7. The minimum atomic E-state index is -0.519. The molecule has 5 heteroatoms. The molecule has 0 aliphatic rings. The van der Waals surface area contributed by atoms with Gasteiger partial charge < -0.3 is 10.6 Å². The Labute approximate surface area is 102 Å². The molecule has 0 atom stereocenters. The van der Waals surface area contributed by atoms with Crippen LogP contribution in [0.15, 0.2) is 15.9 Å². The minimum absolute atomic E-state index is 0.00882. The molecular formula is C10H15BrN2OS. The maximum Gasteiger partial charge on any atom is 0.240 e. The standard InChI is InChI=1S/C10H15BrN2OS/c1-10(2,12-3)9(14)13-6-7-4-5-8(11)15-7/h4-5,12H,6H2,1-3H3,(H,13,14). The van der Waals surface area contributed by atoms with Gasteiger partial charge in [0.25, 0.3) is 0 Å². The second-order valence-corrected chi connectivity index (χ2v) is 6.31. The van der Waals surface area contributed by atoms with Crippen LogP contribution in [-0.2, 0) is 11.3 Å². The fourth-order valence-corrected chi connectivity index (χ4v) is 2.37. The van der Waals surface area contributed by atoms with Crippen LogP contribution in [0.1, 0.15) is 18.7 Å². The Morgan fingerprint density at radius 2 is 2.20 bits per heavy atom. The molecule has 3 nitrogen and oxygen atoms in total. The third-order valence-electron chi connectivity index (χ3n) is 2.24. The van der Waals surface area contributed by atoms with Crippen molar-refractivity contribution in [3.8, 4) is 0 Å². The predicted molar refractivity (Wildman–Crippen MR) is 67.0 cm³/mol. The highest BCUT2D eigenvalue weighted by molar-refractivity contribution is 9.11. The van der Waals surface area contributed by atoms with Gasteiger partial charge in [-0.1, -0.05) is 0 Å². The first kappa shape index (κ1) is 12.7. The molecule has 1 aromatic rings. The first-order chi connectivity index (χ1) is 6.95. The lowest BCUT2D eigenvalue weighted by molar-refractivity contribution is -0.126. The topological polar surface area (TPSA) is 41.1 Å². The number of amides is 1. The highest BCUT2D eigenvalue weighted by atomic mass is 79.9. The van der Waals surface area contributed by atoms with Crippen molar-refractivity contribution in [2.45, 2.75) is 25.9 Å². The van der Waals surface area contributed by atoms with Crippen LogP contribution in [0.25, 0.3) is 0 Å². The van der Waals surface area contributed by atoms with E-state index in [9.17, 15) is 4.79 Å². The molecule has 1 aromatic heterocycles. The van der Waals surface area contributed by atoms with Crippen LogP contribution in [-0.4, -0.2) is 18.5 Å². The number of hydrogen-bond donors (Lipinski definition) is 2. The Morgan fingerprint density at radius 1 is 1.53 bits per heavy atom. The van der Waals surface area contributed by atoms with Gasteiger partial charge in [0.2, 0.25) is 5.91 Å². The van der Waals surface area contributed by atoms with Crippen molar-refractivity contribution in [1.29, 1.82) is 0 Å². The van der Waals surface area contributed by atoms with Gasteiger partial charge in [0.05, 0.1) is 15.9 Å². The van der Waals surface area contributed by atoms with E-state index in [4.69, 9.17) is 0 Å². The van der Waals surface area contributed by atoms with Crippen molar-refractivity contribution in [2.75, 3.05) is 7.05 Å². The number of carbonyl (C=O) groups is 1. The zero-order chi connectivity index (χ0) is 11.5. The molecule has 1 rings (SSSR count). The van der Waals surface area contributed by atoms with Gasteiger partial charge in [0.1, 0.15) is 0 Å². The average Bonchev–Trinajstić information content (AvgIpc) is 2.60. The van der Waals surface area contributed by atoms with Gasteiger partial charge >= 0.3 is 0 Å². The molecule has 1 amide bonds. The van der Waals surface area contributed by atoms with Gasteiger partial charge in [-0.3, -0.25) is 4.79 Å². The third-order valence-corrected chi connectivity index (χ3v) is 3.87. The highest BCUT2D eigenvalue weighted by Crippen LogP contribution is 2.21. The third kappa shape index (κ3) is 3.59. The summed E-state index contributed by atoms with van der Waals surface area (Å²) in [4.78, 5) is 12.8. The number of halogens is 1. The average molecular weight is 291 g/mol. The summed E-state index contributed by atoms with van der Waals surface area (Å²) < 4.78 is 1.08. The quantitative estimate of drug-likeness (QED) is 0.892. The molecular weight excluding hydrogens is 276 g/mol. The molecule has 1 heterocycles. The van der Waals surface area contributed by atoms with E-state index in [1.165, 1.54) is 0 Å². The molecule has 0 aromatic carbocycles. The van der Waals surface area contributed by atoms with Crippen molar-refractivity contribution >= 4 is 33.2 Å². The lowest BCUT2D eigenvalue weighted by Gasteiger charge is -2.22. The predicted octanol–water partition coefficient (Wildman–Crippen LogP) is 2.12. The van der Waals surface area contributed by atoms with Crippen LogP contribution in [0.5, 0.6) is 0 Å². The molecule has 0 aliphatic heterocycles. The Balaban J connectivity index is 2.47. The smallest absolute Gasteiger partial charge is 0.240 e. The highest BCUT2D eigenvalue weighted by Gasteiger charge is 2.24.